The SMILES string of the molecule is COC(=O)[C@@H](NC(=O)OC(C)(C)C)C1CCC(O)CC1. The highest BCUT2D eigenvalue weighted by Gasteiger charge is 2.34. The zero-order chi connectivity index (χ0) is 15.3. The summed E-state index contributed by atoms with van der Waals surface area (Å²) in [6, 6.07) is -0.720. The fraction of sp³-hybridized carbons (Fsp3) is 0.857. The van der Waals surface area contributed by atoms with Gasteiger partial charge < -0.3 is 19.9 Å². The van der Waals surface area contributed by atoms with Crippen LogP contribution in [0, 0.1) is 5.92 Å². The monoisotopic (exact) mass is 287 g/mol. The molecule has 1 amide bonds. The number of aliphatic hydroxyl groups is 1. The van der Waals surface area contributed by atoms with Crippen LogP contribution < -0.4 is 5.32 Å². The quantitative estimate of drug-likeness (QED) is 0.770. The number of hydrogen-bond donors (Lipinski definition) is 2. The minimum absolute atomic E-state index is 0.0293. The molecule has 1 fully saturated rings. The average molecular weight is 287 g/mol. The van der Waals surface area contributed by atoms with E-state index in [1.165, 1.54) is 7.11 Å². The minimum atomic E-state index is -0.720. The first kappa shape index (κ1) is 16.8. The van der Waals surface area contributed by atoms with Gasteiger partial charge in [0.25, 0.3) is 0 Å². The second-order valence-corrected chi connectivity index (χ2v) is 6.22. The Morgan fingerprint density at radius 2 is 1.75 bits per heavy atom. The molecule has 1 saturated carbocycles. The van der Waals surface area contributed by atoms with Gasteiger partial charge in [0.2, 0.25) is 0 Å². The zero-order valence-corrected chi connectivity index (χ0v) is 12.6. The molecule has 6 nitrogen and oxygen atoms in total. The van der Waals surface area contributed by atoms with E-state index in [0.29, 0.717) is 25.7 Å². The summed E-state index contributed by atoms with van der Waals surface area (Å²) in [6.07, 6.45) is 1.68. The van der Waals surface area contributed by atoms with Crippen LogP contribution in [0.15, 0.2) is 0 Å². The fourth-order valence-corrected chi connectivity index (χ4v) is 2.37. The summed E-state index contributed by atoms with van der Waals surface area (Å²) in [5.74, 6) is -0.504. The highest BCUT2D eigenvalue weighted by molar-refractivity contribution is 5.81. The normalized spacial score (nSPS) is 24.6. The topological polar surface area (TPSA) is 84.9 Å². The molecular weight excluding hydrogens is 262 g/mol. The maximum absolute atomic E-state index is 11.8. The van der Waals surface area contributed by atoms with Gasteiger partial charge in [-0.2, -0.15) is 0 Å². The van der Waals surface area contributed by atoms with E-state index < -0.39 is 23.7 Å². The fourth-order valence-electron chi connectivity index (χ4n) is 2.37. The first-order chi connectivity index (χ1) is 9.23. The predicted octanol–water partition coefficient (Wildman–Crippen LogP) is 1.60. The maximum Gasteiger partial charge on any atom is 0.408 e. The molecule has 116 valence electrons. The summed E-state index contributed by atoms with van der Waals surface area (Å²) >= 11 is 0. The molecule has 2 N–H and O–H groups in total. The molecule has 6 heteroatoms. The van der Waals surface area contributed by atoms with Crippen molar-refractivity contribution in [3.05, 3.63) is 0 Å². The van der Waals surface area contributed by atoms with Gasteiger partial charge in [0.15, 0.2) is 0 Å². The van der Waals surface area contributed by atoms with E-state index in [9.17, 15) is 14.7 Å². The number of carbonyl (C=O) groups excluding carboxylic acids is 2. The Labute approximate surface area is 119 Å². The Kier molecular flexibility index (Phi) is 5.80. The highest BCUT2D eigenvalue weighted by Crippen LogP contribution is 2.27. The average Bonchev–Trinajstić information content (AvgIpc) is 2.34. The molecule has 0 aromatic carbocycles. The molecular formula is C14H25NO5. The molecule has 0 aromatic heterocycles. The summed E-state index contributed by atoms with van der Waals surface area (Å²) in [7, 11) is 1.30. The third-order valence-electron chi connectivity index (χ3n) is 3.34. The molecule has 0 spiro atoms. The van der Waals surface area contributed by atoms with Crippen LogP contribution in [0.4, 0.5) is 4.79 Å². The van der Waals surface area contributed by atoms with Crippen molar-refractivity contribution in [2.45, 2.75) is 64.2 Å². The van der Waals surface area contributed by atoms with Crippen molar-refractivity contribution in [1.29, 1.82) is 0 Å². The Morgan fingerprint density at radius 3 is 2.20 bits per heavy atom. The summed E-state index contributed by atoms with van der Waals surface area (Å²) in [6.45, 7) is 5.28. The van der Waals surface area contributed by atoms with Crippen molar-refractivity contribution in [2.75, 3.05) is 7.11 Å². The van der Waals surface area contributed by atoms with Gasteiger partial charge in [0, 0.05) is 0 Å². The van der Waals surface area contributed by atoms with Crippen LogP contribution >= 0.6 is 0 Å². The van der Waals surface area contributed by atoms with Gasteiger partial charge in [-0.3, -0.25) is 0 Å². The van der Waals surface area contributed by atoms with Crippen molar-refractivity contribution in [1.82, 2.24) is 5.32 Å². The second-order valence-electron chi connectivity index (χ2n) is 6.22. The molecule has 0 unspecified atom stereocenters. The molecule has 0 radical (unpaired) electrons. The van der Waals surface area contributed by atoms with E-state index >= 15 is 0 Å². The van der Waals surface area contributed by atoms with Crippen LogP contribution in [-0.2, 0) is 14.3 Å². The van der Waals surface area contributed by atoms with Crippen molar-refractivity contribution in [3.8, 4) is 0 Å². The van der Waals surface area contributed by atoms with Crippen molar-refractivity contribution in [3.63, 3.8) is 0 Å². The largest absolute Gasteiger partial charge is 0.467 e. The molecule has 1 atom stereocenters. The van der Waals surface area contributed by atoms with Crippen molar-refractivity contribution in [2.24, 2.45) is 5.92 Å². The number of nitrogens with one attached hydrogen (secondary N) is 1. The Morgan fingerprint density at radius 1 is 1.20 bits per heavy atom. The third-order valence-corrected chi connectivity index (χ3v) is 3.34. The van der Waals surface area contributed by atoms with Crippen LogP contribution in [-0.4, -0.2) is 42.0 Å². The van der Waals surface area contributed by atoms with Gasteiger partial charge in [-0.1, -0.05) is 0 Å². The van der Waals surface area contributed by atoms with Gasteiger partial charge in [-0.25, -0.2) is 9.59 Å². The molecule has 1 aliphatic rings. The van der Waals surface area contributed by atoms with Crippen molar-refractivity contribution >= 4 is 12.1 Å². The molecule has 0 saturated heterocycles. The first-order valence-electron chi connectivity index (χ1n) is 6.98. The van der Waals surface area contributed by atoms with Gasteiger partial charge in [0.1, 0.15) is 11.6 Å². The molecule has 1 rings (SSSR count). The molecule has 1 aliphatic carbocycles. The number of amides is 1. The summed E-state index contributed by atoms with van der Waals surface area (Å²) < 4.78 is 9.92. The molecule has 0 aromatic rings. The van der Waals surface area contributed by atoms with Gasteiger partial charge >= 0.3 is 12.1 Å². The standard InChI is InChI=1S/C14H25NO5/c1-14(2,3)20-13(18)15-11(12(17)19-4)9-5-7-10(16)8-6-9/h9-11,16H,5-8H2,1-4H3,(H,15,18)/t9?,10?,11-/m0/s1. The summed E-state index contributed by atoms with van der Waals surface area (Å²) in [4.78, 5) is 23.6. The number of methoxy groups -OCH3 is 1. The van der Waals surface area contributed by atoms with Gasteiger partial charge in [-0.05, 0) is 52.4 Å². The number of aliphatic hydroxyl groups excluding tert-OH is 1. The smallest absolute Gasteiger partial charge is 0.408 e. The van der Waals surface area contributed by atoms with Crippen LogP contribution in [0.2, 0.25) is 0 Å². The Hall–Kier alpha value is -1.30. The Balaban J connectivity index is 2.65. The Bertz CT molecular complexity index is 342. The van der Waals surface area contributed by atoms with Crippen LogP contribution in [0.1, 0.15) is 46.5 Å². The lowest BCUT2D eigenvalue weighted by Crippen LogP contribution is -2.49. The number of hydrogen-bond acceptors (Lipinski definition) is 5. The van der Waals surface area contributed by atoms with E-state index in [4.69, 9.17) is 9.47 Å². The molecule has 20 heavy (non-hydrogen) atoms. The summed E-state index contributed by atoms with van der Waals surface area (Å²) in [5, 5.41) is 12.1. The van der Waals surface area contributed by atoms with Crippen LogP contribution in [0.5, 0.6) is 0 Å². The molecule has 0 aliphatic heterocycles. The third kappa shape index (κ3) is 5.36. The number of esters is 1. The molecule has 0 bridgehead atoms. The first-order valence-corrected chi connectivity index (χ1v) is 6.98. The van der Waals surface area contributed by atoms with E-state index in [1.54, 1.807) is 20.8 Å². The van der Waals surface area contributed by atoms with E-state index in [-0.39, 0.29) is 12.0 Å². The van der Waals surface area contributed by atoms with E-state index in [2.05, 4.69) is 5.32 Å². The zero-order valence-electron chi connectivity index (χ0n) is 12.6. The maximum atomic E-state index is 11.8. The number of ether oxygens (including phenoxy) is 2. The van der Waals surface area contributed by atoms with Crippen molar-refractivity contribution < 1.29 is 24.2 Å². The van der Waals surface area contributed by atoms with Gasteiger partial charge in [0.05, 0.1) is 13.2 Å². The lowest BCUT2D eigenvalue weighted by atomic mass is 9.82. The number of carbonyl (C=O) groups is 2. The minimum Gasteiger partial charge on any atom is -0.467 e. The van der Waals surface area contributed by atoms with E-state index in [1.807, 2.05) is 0 Å². The van der Waals surface area contributed by atoms with Gasteiger partial charge in [-0.15, -0.1) is 0 Å². The molecule has 0 heterocycles. The second kappa shape index (κ2) is 6.92. The summed E-state index contributed by atoms with van der Waals surface area (Å²) in [5.41, 5.74) is -0.618. The number of alkyl carbamates (subject to hydrolysis) is 1. The lowest BCUT2D eigenvalue weighted by molar-refractivity contribution is -0.145. The van der Waals surface area contributed by atoms with Crippen LogP contribution in [0.25, 0.3) is 0 Å². The lowest BCUT2D eigenvalue weighted by Gasteiger charge is -2.31. The highest BCUT2D eigenvalue weighted by atomic mass is 16.6. The predicted molar refractivity (Wildman–Crippen MR) is 73.1 cm³/mol. The number of rotatable bonds is 3. The van der Waals surface area contributed by atoms with Crippen LogP contribution in [0.3, 0.4) is 0 Å². The van der Waals surface area contributed by atoms with E-state index in [0.717, 1.165) is 0 Å².